The molecule has 5 nitrogen and oxygen atoms in total. The van der Waals surface area contributed by atoms with E-state index >= 15 is 0 Å². The number of rotatable bonds is 12. The maximum Gasteiger partial charge on any atom is 0.343 e. The van der Waals surface area contributed by atoms with Crippen LogP contribution in [0.25, 0.3) is 0 Å². The molecule has 1 atom stereocenters. The molecule has 0 radical (unpaired) electrons. The first-order chi connectivity index (χ1) is 15.3. The number of esters is 2. The molecule has 32 heavy (non-hydrogen) atoms. The Labute approximate surface area is 191 Å². The van der Waals surface area contributed by atoms with Gasteiger partial charge >= 0.3 is 11.9 Å². The van der Waals surface area contributed by atoms with Crippen LogP contribution in [0.1, 0.15) is 78.7 Å². The van der Waals surface area contributed by atoms with Crippen LogP contribution in [0.2, 0.25) is 0 Å². The van der Waals surface area contributed by atoms with Crippen LogP contribution in [0, 0.1) is 5.92 Å². The summed E-state index contributed by atoms with van der Waals surface area (Å²) in [5.74, 6) is -0.134. The Bertz CT molecular complexity index is 896. The van der Waals surface area contributed by atoms with Gasteiger partial charge in [0.1, 0.15) is 0 Å². The summed E-state index contributed by atoms with van der Waals surface area (Å²) in [5.41, 5.74) is 4.43. The van der Waals surface area contributed by atoms with Crippen molar-refractivity contribution in [3.8, 4) is 0 Å². The van der Waals surface area contributed by atoms with E-state index in [-0.39, 0.29) is 11.7 Å². The summed E-state index contributed by atoms with van der Waals surface area (Å²) in [5, 5.41) is 0. The molecule has 0 saturated carbocycles. The number of furan rings is 1. The molecule has 0 unspecified atom stereocenters. The average Bonchev–Trinajstić information content (AvgIpc) is 3.32. The highest BCUT2D eigenvalue weighted by Gasteiger charge is 2.29. The van der Waals surface area contributed by atoms with Crippen molar-refractivity contribution in [1.82, 2.24) is 0 Å². The van der Waals surface area contributed by atoms with Crippen molar-refractivity contribution in [2.24, 2.45) is 5.92 Å². The van der Waals surface area contributed by atoms with E-state index in [1.807, 2.05) is 18.4 Å². The number of carbonyl (C=O) groups is 2. The van der Waals surface area contributed by atoms with Crippen molar-refractivity contribution < 1.29 is 23.5 Å². The van der Waals surface area contributed by atoms with Crippen LogP contribution in [0.15, 0.2) is 69.5 Å². The van der Waals surface area contributed by atoms with Gasteiger partial charge in [0.15, 0.2) is 11.5 Å². The fraction of sp³-hybridized carbons (Fsp3) is 0.481. The maximum atomic E-state index is 11.8. The first-order valence-corrected chi connectivity index (χ1v) is 11.4. The van der Waals surface area contributed by atoms with Crippen LogP contribution in [-0.4, -0.2) is 11.9 Å². The zero-order chi connectivity index (χ0) is 23.5. The predicted octanol–water partition coefficient (Wildman–Crippen LogP) is 6.97. The van der Waals surface area contributed by atoms with Gasteiger partial charge in [0.05, 0.1) is 18.1 Å². The molecule has 2 heterocycles. The minimum absolute atomic E-state index is 0.190. The van der Waals surface area contributed by atoms with Crippen LogP contribution < -0.4 is 0 Å². The first kappa shape index (κ1) is 25.4. The third kappa shape index (κ3) is 8.74. The van der Waals surface area contributed by atoms with Crippen molar-refractivity contribution >= 4 is 11.9 Å². The highest BCUT2D eigenvalue weighted by atomic mass is 16.6. The van der Waals surface area contributed by atoms with Crippen molar-refractivity contribution in [3.05, 3.63) is 70.6 Å². The molecule has 1 aliphatic heterocycles. The second kappa shape index (κ2) is 12.9. The van der Waals surface area contributed by atoms with Crippen molar-refractivity contribution in [1.29, 1.82) is 0 Å². The largest absolute Gasteiger partial charge is 0.472 e. The van der Waals surface area contributed by atoms with Crippen LogP contribution >= 0.6 is 0 Å². The van der Waals surface area contributed by atoms with E-state index in [2.05, 4.69) is 32.9 Å². The molecular formula is C27H36O5. The Hall–Kier alpha value is -2.82. The normalized spacial score (nSPS) is 17.2. The molecule has 1 aromatic heterocycles. The molecular weight excluding hydrogens is 404 g/mol. The van der Waals surface area contributed by atoms with Gasteiger partial charge in [-0.25, -0.2) is 4.79 Å². The summed E-state index contributed by atoms with van der Waals surface area (Å²) < 4.78 is 15.5. The van der Waals surface area contributed by atoms with E-state index in [1.54, 1.807) is 13.2 Å². The average molecular weight is 441 g/mol. The van der Waals surface area contributed by atoms with E-state index in [0.717, 1.165) is 44.9 Å². The SMILES string of the molecule is CC(=O)OC1=C(C)C(=O)O/C1=C\[C@H](C)CC/C=C(/C)CC/C=C(/C)CCCc1ccoc1. The van der Waals surface area contributed by atoms with Gasteiger partial charge in [-0.05, 0) is 89.3 Å². The summed E-state index contributed by atoms with van der Waals surface area (Å²) in [7, 11) is 0. The van der Waals surface area contributed by atoms with Gasteiger partial charge in [0, 0.05) is 6.92 Å². The molecule has 0 spiro atoms. The summed E-state index contributed by atoms with van der Waals surface area (Å²) in [6, 6.07) is 2.03. The van der Waals surface area contributed by atoms with Crippen LogP contribution in [0.5, 0.6) is 0 Å². The fourth-order valence-electron chi connectivity index (χ4n) is 3.57. The summed E-state index contributed by atoms with van der Waals surface area (Å²) in [6.07, 6.45) is 17.4. The van der Waals surface area contributed by atoms with Gasteiger partial charge in [-0.15, -0.1) is 0 Å². The number of hydrogen-bond acceptors (Lipinski definition) is 5. The van der Waals surface area contributed by atoms with Crippen molar-refractivity contribution in [3.63, 3.8) is 0 Å². The monoisotopic (exact) mass is 440 g/mol. The second-order valence-electron chi connectivity index (χ2n) is 8.65. The Balaban J connectivity index is 1.72. The maximum absolute atomic E-state index is 11.8. The first-order valence-electron chi connectivity index (χ1n) is 11.4. The molecule has 2 rings (SSSR count). The minimum Gasteiger partial charge on any atom is -0.472 e. The molecule has 0 amide bonds. The van der Waals surface area contributed by atoms with E-state index in [4.69, 9.17) is 13.9 Å². The van der Waals surface area contributed by atoms with Crippen LogP contribution in [0.4, 0.5) is 0 Å². The number of carbonyl (C=O) groups excluding carboxylic acids is 2. The summed E-state index contributed by atoms with van der Waals surface area (Å²) >= 11 is 0. The predicted molar refractivity (Wildman–Crippen MR) is 125 cm³/mol. The lowest BCUT2D eigenvalue weighted by Crippen LogP contribution is -2.02. The number of cyclic esters (lactones) is 1. The summed E-state index contributed by atoms with van der Waals surface area (Å²) in [6.45, 7) is 9.37. The Morgan fingerprint density at radius 2 is 1.84 bits per heavy atom. The van der Waals surface area contributed by atoms with Gasteiger partial charge in [-0.1, -0.05) is 30.2 Å². The highest BCUT2D eigenvalue weighted by Crippen LogP contribution is 2.29. The van der Waals surface area contributed by atoms with E-state index in [9.17, 15) is 9.59 Å². The Morgan fingerprint density at radius 1 is 1.12 bits per heavy atom. The van der Waals surface area contributed by atoms with E-state index < -0.39 is 11.9 Å². The van der Waals surface area contributed by atoms with Gasteiger partial charge < -0.3 is 13.9 Å². The molecule has 0 aromatic carbocycles. The van der Waals surface area contributed by atoms with Gasteiger partial charge in [-0.2, -0.15) is 0 Å². The molecule has 0 aliphatic carbocycles. The lowest BCUT2D eigenvalue weighted by atomic mass is 10.0. The standard InChI is InChI=1S/C27H36O5/c1-19(9-6-10-20(2)12-8-14-24-15-16-30-18-24)11-7-13-21(3)17-25-26(31-23(5)28)22(4)27(29)32-25/h10-11,15-18,21H,6-9,12-14H2,1-5H3/b19-11-,20-10-,25-17-/t21-/m1/s1. The molecule has 5 heteroatoms. The molecule has 1 aromatic rings. The third-order valence-electron chi connectivity index (χ3n) is 5.52. The Kier molecular flexibility index (Phi) is 10.3. The lowest BCUT2D eigenvalue weighted by molar-refractivity contribution is -0.137. The van der Waals surface area contributed by atoms with Crippen molar-refractivity contribution in [2.75, 3.05) is 0 Å². The number of ether oxygens (including phenoxy) is 2. The molecule has 0 N–H and O–H groups in total. The zero-order valence-corrected chi connectivity index (χ0v) is 20.0. The minimum atomic E-state index is -0.461. The van der Waals surface area contributed by atoms with Gasteiger partial charge in [0.2, 0.25) is 0 Å². The van der Waals surface area contributed by atoms with Crippen molar-refractivity contribution in [2.45, 2.75) is 79.6 Å². The molecule has 0 bridgehead atoms. The van der Waals surface area contributed by atoms with Crippen LogP contribution in [-0.2, 0) is 25.5 Å². The number of allylic oxidation sites excluding steroid dienone is 5. The van der Waals surface area contributed by atoms with Crippen LogP contribution in [0.3, 0.4) is 0 Å². The molecule has 174 valence electrons. The zero-order valence-electron chi connectivity index (χ0n) is 20.0. The van der Waals surface area contributed by atoms with E-state index in [0.29, 0.717) is 11.3 Å². The fourth-order valence-corrected chi connectivity index (χ4v) is 3.57. The van der Waals surface area contributed by atoms with Gasteiger partial charge in [-0.3, -0.25) is 4.79 Å². The third-order valence-corrected chi connectivity index (χ3v) is 5.52. The highest BCUT2D eigenvalue weighted by molar-refractivity contribution is 5.94. The molecule has 0 saturated heterocycles. The van der Waals surface area contributed by atoms with Gasteiger partial charge in [0.25, 0.3) is 0 Å². The summed E-state index contributed by atoms with van der Waals surface area (Å²) in [4.78, 5) is 23.1. The quantitative estimate of drug-likeness (QED) is 0.259. The second-order valence-corrected chi connectivity index (χ2v) is 8.65. The topological polar surface area (TPSA) is 65.7 Å². The number of aryl methyl sites for hydroxylation is 1. The molecule has 0 fully saturated rings. The Morgan fingerprint density at radius 3 is 2.53 bits per heavy atom. The lowest BCUT2D eigenvalue weighted by Gasteiger charge is -2.09. The molecule has 1 aliphatic rings. The smallest absolute Gasteiger partial charge is 0.343 e. The van der Waals surface area contributed by atoms with E-state index in [1.165, 1.54) is 23.6 Å². The number of hydrogen-bond donors (Lipinski definition) is 0.